The van der Waals surface area contributed by atoms with Crippen molar-refractivity contribution in [1.29, 1.82) is 0 Å². The molecule has 3 N–H and O–H groups in total. The van der Waals surface area contributed by atoms with Crippen LogP contribution in [0.5, 0.6) is 0 Å². The number of halogens is 1. The molecule has 7 heteroatoms. The summed E-state index contributed by atoms with van der Waals surface area (Å²) in [6.07, 6.45) is 0.0378. The minimum atomic E-state index is -3.76. The summed E-state index contributed by atoms with van der Waals surface area (Å²) >= 11 is 0. The van der Waals surface area contributed by atoms with Gasteiger partial charge in [-0.25, -0.2) is 12.8 Å². The largest absolute Gasteiger partial charge is 0.398 e. The van der Waals surface area contributed by atoms with Crippen molar-refractivity contribution in [2.75, 3.05) is 18.8 Å². The van der Waals surface area contributed by atoms with E-state index in [4.69, 9.17) is 5.73 Å². The number of nitrogens with two attached hydrogens (primary N) is 1. The summed E-state index contributed by atoms with van der Waals surface area (Å²) < 4.78 is 39.8. The second kappa shape index (κ2) is 5.31. The summed E-state index contributed by atoms with van der Waals surface area (Å²) in [5.41, 5.74) is 5.99. The molecule has 1 aliphatic heterocycles. The highest BCUT2D eigenvalue weighted by Gasteiger charge is 2.34. The summed E-state index contributed by atoms with van der Waals surface area (Å²) in [5, 5.41) is 9.53. The van der Waals surface area contributed by atoms with E-state index in [1.165, 1.54) is 17.3 Å². The molecule has 0 aliphatic carbocycles. The molecule has 1 aromatic rings. The Morgan fingerprint density at radius 3 is 2.65 bits per heavy atom. The van der Waals surface area contributed by atoms with E-state index in [1.807, 2.05) is 0 Å². The zero-order valence-corrected chi connectivity index (χ0v) is 12.3. The lowest BCUT2D eigenvalue weighted by atomic mass is 10.0. The van der Waals surface area contributed by atoms with Crippen LogP contribution in [0.25, 0.3) is 0 Å². The third-order valence-electron chi connectivity index (χ3n) is 3.87. The lowest BCUT2D eigenvalue weighted by molar-refractivity contribution is 0.133. The highest BCUT2D eigenvalue weighted by Crippen LogP contribution is 2.28. The maximum atomic E-state index is 13.7. The Morgan fingerprint density at radius 2 is 2.15 bits per heavy atom. The van der Waals surface area contributed by atoms with Crippen molar-refractivity contribution in [1.82, 2.24) is 4.31 Å². The number of hydrogen-bond donors (Lipinski definition) is 2. The Morgan fingerprint density at radius 1 is 1.50 bits per heavy atom. The number of aliphatic hydroxyl groups is 1. The quantitative estimate of drug-likeness (QED) is 0.819. The van der Waals surface area contributed by atoms with Gasteiger partial charge in [0.15, 0.2) is 0 Å². The molecule has 2 atom stereocenters. The average molecular weight is 302 g/mol. The van der Waals surface area contributed by atoms with Gasteiger partial charge in [0, 0.05) is 24.3 Å². The fourth-order valence-corrected chi connectivity index (χ4v) is 3.90. The van der Waals surface area contributed by atoms with Crippen LogP contribution in [0.3, 0.4) is 0 Å². The molecule has 20 heavy (non-hydrogen) atoms. The number of benzene rings is 1. The smallest absolute Gasteiger partial charge is 0.243 e. The van der Waals surface area contributed by atoms with Crippen molar-refractivity contribution in [2.24, 2.45) is 5.92 Å². The van der Waals surface area contributed by atoms with Crippen molar-refractivity contribution < 1.29 is 17.9 Å². The van der Waals surface area contributed by atoms with Crippen LogP contribution in [0.4, 0.5) is 10.1 Å². The van der Waals surface area contributed by atoms with Crippen molar-refractivity contribution in [3.05, 3.63) is 23.5 Å². The molecular weight excluding hydrogens is 283 g/mol. The van der Waals surface area contributed by atoms with Gasteiger partial charge in [-0.2, -0.15) is 4.31 Å². The lowest BCUT2D eigenvalue weighted by Gasteiger charge is -2.18. The lowest BCUT2D eigenvalue weighted by Crippen LogP contribution is -2.30. The Labute approximate surface area is 118 Å². The van der Waals surface area contributed by atoms with Crippen LogP contribution in [0.15, 0.2) is 17.0 Å². The van der Waals surface area contributed by atoms with Crippen LogP contribution in [0.2, 0.25) is 0 Å². The molecule has 1 saturated heterocycles. The molecule has 0 spiro atoms. The fraction of sp³-hybridized carbons (Fsp3) is 0.538. The highest BCUT2D eigenvalue weighted by atomic mass is 32.2. The summed E-state index contributed by atoms with van der Waals surface area (Å²) in [6, 6.07) is 2.28. The zero-order valence-electron chi connectivity index (χ0n) is 11.5. The maximum Gasteiger partial charge on any atom is 0.243 e. The second-order valence-corrected chi connectivity index (χ2v) is 7.21. The SMILES string of the molecule is Cc1c(N)cc(S(=O)(=O)N2CCC(C(C)O)C2)cc1F. The van der Waals surface area contributed by atoms with Crippen LogP contribution < -0.4 is 5.73 Å². The number of rotatable bonds is 3. The fourth-order valence-electron chi connectivity index (χ4n) is 2.34. The van der Waals surface area contributed by atoms with E-state index >= 15 is 0 Å². The van der Waals surface area contributed by atoms with Crippen LogP contribution in [-0.4, -0.2) is 37.0 Å². The molecule has 0 radical (unpaired) electrons. The van der Waals surface area contributed by atoms with E-state index < -0.39 is 21.9 Å². The summed E-state index contributed by atoms with van der Waals surface area (Å²) in [4.78, 5) is -0.135. The Bertz CT molecular complexity index is 593. The average Bonchev–Trinajstić information content (AvgIpc) is 2.85. The minimum absolute atomic E-state index is 0.0857. The predicted octanol–water partition coefficient (Wildman–Crippen LogP) is 1.11. The van der Waals surface area contributed by atoms with Gasteiger partial charge >= 0.3 is 0 Å². The monoisotopic (exact) mass is 302 g/mol. The third kappa shape index (κ3) is 2.65. The summed E-state index contributed by atoms with van der Waals surface area (Å²) in [6.45, 7) is 3.72. The molecule has 1 aliphatic rings. The first-order valence-corrected chi connectivity index (χ1v) is 7.91. The Hall–Kier alpha value is -1.18. The van der Waals surface area contributed by atoms with E-state index in [0.29, 0.717) is 13.0 Å². The first-order valence-electron chi connectivity index (χ1n) is 6.47. The van der Waals surface area contributed by atoms with E-state index in [9.17, 15) is 17.9 Å². The Balaban J connectivity index is 2.32. The number of anilines is 1. The first-order chi connectivity index (χ1) is 9.23. The molecule has 112 valence electrons. The van der Waals surface area contributed by atoms with Crippen LogP contribution in [-0.2, 0) is 10.0 Å². The van der Waals surface area contributed by atoms with Gasteiger partial charge in [-0.3, -0.25) is 0 Å². The molecule has 1 fully saturated rings. The highest BCUT2D eigenvalue weighted by molar-refractivity contribution is 7.89. The number of nitrogen functional groups attached to an aromatic ring is 1. The first kappa shape index (κ1) is 15.2. The van der Waals surface area contributed by atoms with Gasteiger partial charge < -0.3 is 10.8 Å². The third-order valence-corrected chi connectivity index (χ3v) is 5.71. The molecule has 1 heterocycles. The van der Waals surface area contributed by atoms with Gasteiger partial charge in [0.05, 0.1) is 11.0 Å². The maximum absolute atomic E-state index is 13.7. The number of aliphatic hydroxyl groups excluding tert-OH is 1. The standard InChI is InChI=1S/C13H19FN2O3S/c1-8-12(14)5-11(6-13(8)15)20(18,19)16-4-3-10(7-16)9(2)17/h5-6,9-10,17H,3-4,7,15H2,1-2H3. The molecule has 1 aromatic carbocycles. The van der Waals surface area contributed by atoms with Gasteiger partial charge in [0.1, 0.15) is 5.82 Å². The van der Waals surface area contributed by atoms with E-state index in [1.54, 1.807) is 6.92 Å². The molecule has 0 saturated carbocycles. The van der Waals surface area contributed by atoms with E-state index in [-0.39, 0.29) is 28.6 Å². The van der Waals surface area contributed by atoms with Crippen LogP contribution in [0.1, 0.15) is 18.9 Å². The second-order valence-electron chi connectivity index (χ2n) is 5.27. The Kier molecular flexibility index (Phi) is 4.04. The van der Waals surface area contributed by atoms with Crippen molar-refractivity contribution in [3.8, 4) is 0 Å². The van der Waals surface area contributed by atoms with E-state index in [0.717, 1.165) is 6.07 Å². The minimum Gasteiger partial charge on any atom is -0.398 e. The molecule has 2 unspecified atom stereocenters. The molecule has 0 amide bonds. The van der Waals surface area contributed by atoms with Gasteiger partial charge in [0.25, 0.3) is 0 Å². The number of sulfonamides is 1. The van der Waals surface area contributed by atoms with Gasteiger partial charge in [-0.1, -0.05) is 0 Å². The summed E-state index contributed by atoms with van der Waals surface area (Å²) in [7, 11) is -3.76. The molecule has 0 aromatic heterocycles. The van der Waals surface area contributed by atoms with Crippen LogP contribution >= 0.6 is 0 Å². The zero-order chi connectivity index (χ0) is 15.1. The van der Waals surface area contributed by atoms with Gasteiger partial charge in [0.2, 0.25) is 10.0 Å². The van der Waals surface area contributed by atoms with E-state index in [2.05, 4.69) is 0 Å². The van der Waals surface area contributed by atoms with Crippen LogP contribution in [0, 0.1) is 18.7 Å². The van der Waals surface area contributed by atoms with Crippen molar-refractivity contribution in [3.63, 3.8) is 0 Å². The molecular formula is C13H19FN2O3S. The molecule has 5 nitrogen and oxygen atoms in total. The normalized spacial score (nSPS) is 22.1. The van der Waals surface area contributed by atoms with Gasteiger partial charge in [-0.15, -0.1) is 0 Å². The number of nitrogens with zero attached hydrogens (tertiary/aromatic N) is 1. The molecule has 0 bridgehead atoms. The van der Waals surface area contributed by atoms with Crippen molar-refractivity contribution in [2.45, 2.75) is 31.3 Å². The van der Waals surface area contributed by atoms with Crippen molar-refractivity contribution >= 4 is 15.7 Å². The number of hydrogen-bond acceptors (Lipinski definition) is 4. The van der Waals surface area contributed by atoms with Gasteiger partial charge in [-0.05, 0) is 38.3 Å². The summed E-state index contributed by atoms with van der Waals surface area (Å²) in [5.74, 6) is -0.715. The predicted molar refractivity (Wildman–Crippen MR) is 74.1 cm³/mol. The molecule has 2 rings (SSSR count). The topological polar surface area (TPSA) is 83.6 Å².